The van der Waals surface area contributed by atoms with E-state index in [1.54, 1.807) is 31.4 Å². The van der Waals surface area contributed by atoms with Crippen molar-refractivity contribution in [3.63, 3.8) is 0 Å². The Morgan fingerprint density at radius 1 is 1.22 bits per heavy atom. The third kappa shape index (κ3) is 3.64. The van der Waals surface area contributed by atoms with Crippen molar-refractivity contribution in [1.82, 2.24) is 10.2 Å². The van der Waals surface area contributed by atoms with E-state index in [1.165, 1.54) is 22.6 Å². The Labute approximate surface area is 161 Å². The number of hydrogen-bond donors (Lipinski definition) is 1. The number of fused-ring (bicyclic) bond motifs is 1. The topological polar surface area (TPSA) is 67.3 Å². The quantitative estimate of drug-likeness (QED) is 0.730. The van der Waals surface area contributed by atoms with Crippen LogP contribution in [0.1, 0.15) is 27.3 Å². The number of benzene rings is 2. The lowest BCUT2D eigenvalue weighted by atomic mass is 10.1. The van der Waals surface area contributed by atoms with Gasteiger partial charge in [-0.1, -0.05) is 29.5 Å². The van der Waals surface area contributed by atoms with Crippen molar-refractivity contribution < 1.29 is 9.53 Å². The van der Waals surface area contributed by atoms with Crippen LogP contribution in [0.25, 0.3) is 0 Å². The number of para-hydroxylation sites is 1. The van der Waals surface area contributed by atoms with E-state index < -0.39 is 0 Å². The zero-order chi connectivity index (χ0) is 18.8. The van der Waals surface area contributed by atoms with Gasteiger partial charge in [-0.2, -0.15) is 0 Å². The number of nitrogens with one attached hydrogen (secondary N) is 1. The van der Waals surface area contributed by atoms with Crippen LogP contribution in [0, 0.1) is 0 Å². The average molecular weight is 380 g/mol. The summed E-state index contributed by atoms with van der Waals surface area (Å²) >= 11 is 1.33. The molecular formula is C20H20N4O2S. The molecule has 0 bridgehead atoms. The van der Waals surface area contributed by atoms with Crippen molar-refractivity contribution in [3.8, 4) is 5.75 Å². The summed E-state index contributed by atoms with van der Waals surface area (Å²) in [5.41, 5.74) is 3.29. The summed E-state index contributed by atoms with van der Waals surface area (Å²) in [6.45, 7) is 2.87. The van der Waals surface area contributed by atoms with Crippen molar-refractivity contribution in [2.45, 2.75) is 25.9 Å². The molecule has 1 amide bonds. The van der Waals surface area contributed by atoms with Gasteiger partial charge in [0, 0.05) is 17.4 Å². The van der Waals surface area contributed by atoms with Gasteiger partial charge < -0.3 is 15.0 Å². The van der Waals surface area contributed by atoms with Crippen LogP contribution in [-0.4, -0.2) is 29.3 Å². The smallest absolute Gasteiger partial charge is 0.286 e. The molecule has 2 heterocycles. The van der Waals surface area contributed by atoms with Gasteiger partial charge in [0.15, 0.2) is 0 Å². The first-order valence-electron chi connectivity index (χ1n) is 8.76. The van der Waals surface area contributed by atoms with Crippen LogP contribution in [0.5, 0.6) is 5.75 Å². The standard InChI is InChI=1S/C20H20N4O2S/c1-13-11-14-5-3-4-6-17(14)24(13)12-18-22-23-20(27-18)19(25)21-15-7-9-16(26-2)10-8-15/h3-10,13H,11-12H2,1-2H3,(H,21,25). The largest absolute Gasteiger partial charge is 0.497 e. The van der Waals surface area contributed by atoms with Gasteiger partial charge in [-0.15, -0.1) is 10.2 Å². The maximum absolute atomic E-state index is 12.4. The summed E-state index contributed by atoms with van der Waals surface area (Å²) in [6, 6.07) is 16.0. The first kappa shape index (κ1) is 17.5. The van der Waals surface area contributed by atoms with Crippen molar-refractivity contribution >= 4 is 28.6 Å². The fourth-order valence-electron chi connectivity index (χ4n) is 3.28. The second kappa shape index (κ2) is 7.36. The van der Waals surface area contributed by atoms with Crippen LogP contribution >= 0.6 is 11.3 Å². The molecule has 1 aliphatic heterocycles. The van der Waals surface area contributed by atoms with Crippen LogP contribution in [0.15, 0.2) is 48.5 Å². The Hall–Kier alpha value is -2.93. The molecule has 27 heavy (non-hydrogen) atoms. The van der Waals surface area contributed by atoms with Gasteiger partial charge in [0.1, 0.15) is 10.8 Å². The molecule has 0 aliphatic carbocycles. The molecule has 2 aromatic carbocycles. The lowest BCUT2D eigenvalue weighted by molar-refractivity contribution is 0.102. The third-order valence-corrected chi connectivity index (χ3v) is 5.57. The van der Waals surface area contributed by atoms with Gasteiger partial charge >= 0.3 is 0 Å². The molecule has 1 N–H and O–H groups in total. The molecule has 1 aromatic heterocycles. The molecule has 0 radical (unpaired) electrons. The van der Waals surface area contributed by atoms with E-state index in [0.717, 1.165) is 17.2 Å². The molecule has 1 unspecified atom stereocenters. The summed E-state index contributed by atoms with van der Waals surface area (Å²) < 4.78 is 5.12. The molecule has 0 spiro atoms. The summed E-state index contributed by atoms with van der Waals surface area (Å²) in [7, 11) is 1.61. The van der Waals surface area contributed by atoms with Crippen molar-refractivity contribution in [3.05, 3.63) is 64.1 Å². The van der Waals surface area contributed by atoms with E-state index in [2.05, 4.69) is 51.6 Å². The molecule has 0 fully saturated rings. The molecule has 1 atom stereocenters. The lowest BCUT2D eigenvalue weighted by Gasteiger charge is -2.23. The van der Waals surface area contributed by atoms with Gasteiger partial charge in [0.05, 0.1) is 13.7 Å². The number of carbonyl (C=O) groups excluding carboxylic acids is 1. The molecule has 7 heteroatoms. The van der Waals surface area contributed by atoms with Gasteiger partial charge in [-0.05, 0) is 49.2 Å². The van der Waals surface area contributed by atoms with E-state index in [4.69, 9.17) is 4.74 Å². The number of rotatable bonds is 5. The molecule has 0 saturated carbocycles. The van der Waals surface area contributed by atoms with Crippen molar-refractivity contribution in [2.24, 2.45) is 0 Å². The van der Waals surface area contributed by atoms with Crippen molar-refractivity contribution in [2.75, 3.05) is 17.3 Å². The fourth-order valence-corrected chi connectivity index (χ4v) is 4.02. The van der Waals surface area contributed by atoms with E-state index in [9.17, 15) is 4.79 Å². The normalized spacial score (nSPS) is 15.5. The lowest BCUT2D eigenvalue weighted by Crippen LogP contribution is -2.28. The van der Waals surface area contributed by atoms with Crippen LogP contribution < -0.4 is 15.0 Å². The Morgan fingerprint density at radius 2 is 2.00 bits per heavy atom. The monoisotopic (exact) mass is 380 g/mol. The van der Waals surface area contributed by atoms with Gasteiger partial charge in [0.2, 0.25) is 5.01 Å². The first-order chi connectivity index (χ1) is 13.1. The molecule has 1 aliphatic rings. The maximum Gasteiger partial charge on any atom is 0.286 e. The molecule has 4 rings (SSSR count). The number of nitrogens with zero attached hydrogens (tertiary/aromatic N) is 3. The second-order valence-electron chi connectivity index (χ2n) is 6.49. The number of amides is 1. The van der Waals surface area contributed by atoms with Gasteiger partial charge in [0.25, 0.3) is 5.91 Å². The predicted molar refractivity (Wildman–Crippen MR) is 107 cm³/mol. The molecular weight excluding hydrogens is 360 g/mol. The van der Waals surface area contributed by atoms with E-state index in [0.29, 0.717) is 23.3 Å². The van der Waals surface area contributed by atoms with Crippen molar-refractivity contribution in [1.29, 1.82) is 0 Å². The SMILES string of the molecule is COc1ccc(NC(=O)c2nnc(CN3c4ccccc4CC3C)s2)cc1. The highest BCUT2D eigenvalue weighted by atomic mass is 32.1. The number of carbonyl (C=O) groups is 1. The Kier molecular flexibility index (Phi) is 4.77. The number of aromatic nitrogens is 2. The first-order valence-corrected chi connectivity index (χ1v) is 9.58. The van der Waals surface area contributed by atoms with E-state index in [-0.39, 0.29) is 5.91 Å². The average Bonchev–Trinajstić information content (AvgIpc) is 3.28. The Balaban J connectivity index is 1.44. The maximum atomic E-state index is 12.4. The zero-order valence-electron chi connectivity index (χ0n) is 15.2. The summed E-state index contributed by atoms with van der Waals surface area (Å²) in [5.74, 6) is 0.491. The number of hydrogen-bond acceptors (Lipinski definition) is 6. The van der Waals surface area contributed by atoms with Crippen LogP contribution in [0.2, 0.25) is 0 Å². The Bertz CT molecular complexity index is 955. The molecule has 0 saturated heterocycles. The number of anilines is 2. The van der Waals surface area contributed by atoms with Gasteiger partial charge in [-0.3, -0.25) is 4.79 Å². The molecule has 3 aromatic rings. The highest BCUT2D eigenvalue weighted by Crippen LogP contribution is 2.33. The second-order valence-corrected chi connectivity index (χ2v) is 7.56. The highest BCUT2D eigenvalue weighted by Gasteiger charge is 2.26. The minimum Gasteiger partial charge on any atom is -0.497 e. The predicted octanol–water partition coefficient (Wildman–Crippen LogP) is 3.75. The summed E-state index contributed by atoms with van der Waals surface area (Å²) in [5, 5.41) is 12.3. The number of ether oxygens (including phenoxy) is 1. The minimum absolute atomic E-state index is 0.251. The highest BCUT2D eigenvalue weighted by molar-refractivity contribution is 7.13. The Morgan fingerprint density at radius 3 is 2.78 bits per heavy atom. The molecule has 138 valence electrons. The van der Waals surface area contributed by atoms with Crippen LogP contribution in [-0.2, 0) is 13.0 Å². The van der Waals surface area contributed by atoms with Gasteiger partial charge in [-0.25, -0.2) is 0 Å². The van der Waals surface area contributed by atoms with E-state index >= 15 is 0 Å². The number of methoxy groups -OCH3 is 1. The molecule has 6 nitrogen and oxygen atoms in total. The van der Waals surface area contributed by atoms with Crippen LogP contribution in [0.3, 0.4) is 0 Å². The third-order valence-electron chi connectivity index (χ3n) is 4.66. The van der Waals surface area contributed by atoms with Crippen LogP contribution in [0.4, 0.5) is 11.4 Å². The summed E-state index contributed by atoms with van der Waals surface area (Å²) in [6.07, 6.45) is 1.03. The zero-order valence-corrected chi connectivity index (χ0v) is 16.0. The fraction of sp³-hybridized carbons (Fsp3) is 0.250. The summed E-state index contributed by atoms with van der Waals surface area (Å²) in [4.78, 5) is 14.8. The van der Waals surface area contributed by atoms with E-state index in [1.807, 2.05) is 0 Å². The minimum atomic E-state index is -0.251.